The molecule has 0 aliphatic heterocycles. The van der Waals surface area contributed by atoms with Gasteiger partial charge in [-0.3, -0.25) is 4.79 Å². The van der Waals surface area contributed by atoms with Gasteiger partial charge in [-0.1, -0.05) is 29.4 Å². The molecule has 1 aromatic heterocycles. The van der Waals surface area contributed by atoms with E-state index in [9.17, 15) is 9.18 Å². The average molecular weight is 417 g/mol. The topological polar surface area (TPSA) is 55.6 Å². The summed E-state index contributed by atoms with van der Waals surface area (Å²) in [6.45, 7) is 0.634. The molecule has 0 aliphatic carbocycles. The van der Waals surface area contributed by atoms with Crippen LogP contribution in [-0.4, -0.2) is 29.0 Å². The van der Waals surface area contributed by atoms with E-state index in [0.29, 0.717) is 36.7 Å². The van der Waals surface area contributed by atoms with Gasteiger partial charge in [0.15, 0.2) is 5.76 Å². The van der Waals surface area contributed by atoms with E-state index >= 15 is 0 Å². The van der Waals surface area contributed by atoms with E-state index < -0.39 is 0 Å². The van der Waals surface area contributed by atoms with Crippen LogP contribution in [-0.2, 0) is 17.9 Å². The smallest absolute Gasteiger partial charge is 0.223 e. The Morgan fingerprint density at radius 1 is 1.17 bits per heavy atom. The number of amides is 1. The van der Waals surface area contributed by atoms with E-state index in [1.54, 1.807) is 30.2 Å². The Bertz CT molecular complexity index is 943. The Hall–Kier alpha value is -2.86. The lowest BCUT2D eigenvalue weighted by molar-refractivity contribution is -0.132. The number of hydrogen-bond donors (Lipinski definition) is 0. The van der Waals surface area contributed by atoms with Crippen molar-refractivity contribution in [1.29, 1.82) is 0 Å². The quantitative estimate of drug-likeness (QED) is 0.459. The average Bonchev–Trinajstić information content (AvgIpc) is 3.21. The molecule has 0 spiro atoms. The van der Waals surface area contributed by atoms with Gasteiger partial charge in [-0.25, -0.2) is 4.39 Å². The van der Waals surface area contributed by atoms with Crippen molar-refractivity contribution in [3.05, 3.63) is 71.7 Å². The normalized spacial score (nSPS) is 10.7. The Balaban J connectivity index is 1.77. The number of halogens is 2. The van der Waals surface area contributed by atoms with Crippen LogP contribution in [0.3, 0.4) is 0 Å². The second kappa shape index (κ2) is 10.1. The number of methoxy groups -OCH3 is 1. The number of aromatic nitrogens is 1. The summed E-state index contributed by atoms with van der Waals surface area (Å²) in [5, 5.41) is 4.11. The summed E-state index contributed by atoms with van der Waals surface area (Å²) in [6, 6.07) is 15.4. The zero-order chi connectivity index (χ0) is 20.6. The van der Waals surface area contributed by atoms with Crippen LogP contribution in [0, 0.1) is 5.82 Å². The molecule has 0 atom stereocenters. The summed E-state index contributed by atoms with van der Waals surface area (Å²) in [5.41, 5.74) is 2.30. The summed E-state index contributed by atoms with van der Waals surface area (Å²) in [4.78, 5) is 14.3. The minimum atomic E-state index is -0.312. The Labute approximate surface area is 174 Å². The van der Waals surface area contributed by atoms with E-state index in [2.05, 4.69) is 5.16 Å². The number of nitrogens with zero attached hydrogens (tertiary/aromatic N) is 2. The minimum Gasteiger partial charge on any atom is -0.497 e. The lowest BCUT2D eigenvalue weighted by atomic mass is 10.1. The molecule has 1 amide bonds. The van der Waals surface area contributed by atoms with Crippen LogP contribution in [0.25, 0.3) is 11.3 Å². The molecule has 0 N–H and O–H groups in total. The molecular weight excluding hydrogens is 395 g/mol. The van der Waals surface area contributed by atoms with Gasteiger partial charge in [-0.2, -0.15) is 0 Å². The Morgan fingerprint density at radius 2 is 1.97 bits per heavy atom. The monoisotopic (exact) mass is 416 g/mol. The Kier molecular flexibility index (Phi) is 7.25. The van der Waals surface area contributed by atoms with Crippen LogP contribution in [0.2, 0.25) is 0 Å². The molecule has 152 valence electrons. The second-order valence-corrected chi connectivity index (χ2v) is 6.96. The molecule has 3 rings (SSSR count). The van der Waals surface area contributed by atoms with Crippen molar-refractivity contribution in [2.75, 3.05) is 13.0 Å². The molecule has 0 bridgehead atoms. The lowest BCUT2D eigenvalue weighted by Gasteiger charge is -2.21. The highest BCUT2D eigenvalue weighted by Crippen LogP contribution is 2.25. The van der Waals surface area contributed by atoms with Crippen molar-refractivity contribution in [2.45, 2.75) is 25.9 Å². The van der Waals surface area contributed by atoms with Crippen molar-refractivity contribution in [2.24, 2.45) is 0 Å². The van der Waals surface area contributed by atoms with Crippen molar-refractivity contribution in [3.63, 3.8) is 0 Å². The SMILES string of the molecule is COc1cccc(-c2cc(CN(Cc3ccc(F)cc3)C(=O)CCCCl)no2)c1. The Morgan fingerprint density at radius 3 is 2.69 bits per heavy atom. The molecule has 0 radical (unpaired) electrons. The van der Waals surface area contributed by atoms with Gasteiger partial charge in [0.2, 0.25) is 5.91 Å². The first-order chi connectivity index (χ1) is 14.1. The van der Waals surface area contributed by atoms with Gasteiger partial charge in [0.05, 0.1) is 13.7 Å². The standard InChI is InChI=1S/C22H22ClFN2O3/c1-28-20-5-2-4-17(12-20)21-13-19(25-29-21)15-26(22(27)6-3-11-23)14-16-7-9-18(24)10-8-16/h2,4-5,7-10,12-13H,3,6,11,14-15H2,1H3. The van der Waals surface area contributed by atoms with Crippen LogP contribution in [0.5, 0.6) is 5.75 Å². The molecule has 7 heteroatoms. The van der Waals surface area contributed by atoms with Crippen molar-refractivity contribution >= 4 is 17.5 Å². The van der Waals surface area contributed by atoms with Crippen LogP contribution in [0.4, 0.5) is 4.39 Å². The second-order valence-electron chi connectivity index (χ2n) is 6.58. The summed E-state index contributed by atoms with van der Waals surface area (Å²) in [7, 11) is 1.60. The van der Waals surface area contributed by atoms with Gasteiger partial charge in [-0.05, 0) is 36.2 Å². The maximum atomic E-state index is 13.2. The van der Waals surface area contributed by atoms with Gasteiger partial charge < -0.3 is 14.2 Å². The maximum absolute atomic E-state index is 13.2. The highest BCUT2D eigenvalue weighted by Gasteiger charge is 2.17. The van der Waals surface area contributed by atoms with E-state index in [0.717, 1.165) is 16.9 Å². The molecule has 0 saturated heterocycles. The molecule has 5 nitrogen and oxygen atoms in total. The number of rotatable bonds is 9. The van der Waals surface area contributed by atoms with E-state index in [4.69, 9.17) is 20.9 Å². The molecule has 29 heavy (non-hydrogen) atoms. The molecule has 1 heterocycles. The van der Waals surface area contributed by atoms with Crippen LogP contribution < -0.4 is 4.74 Å². The summed E-state index contributed by atoms with van der Waals surface area (Å²) >= 11 is 5.73. The number of ether oxygens (including phenoxy) is 1. The predicted octanol–water partition coefficient (Wildman–Crippen LogP) is 5.04. The van der Waals surface area contributed by atoms with Crippen molar-refractivity contribution < 1.29 is 18.4 Å². The molecule has 3 aromatic rings. The van der Waals surface area contributed by atoms with E-state index in [1.165, 1.54) is 12.1 Å². The van der Waals surface area contributed by atoms with E-state index in [1.807, 2.05) is 24.3 Å². The third kappa shape index (κ3) is 5.81. The summed E-state index contributed by atoms with van der Waals surface area (Å²) in [6.07, 6.45) is 0.930. The number of carbonyl (C=O) groups excluding carboxylic acids is 1. The largest absolute Gasteiger partial charge is 0.497 e. The first kappa shape index (κ1) is 20.9. The lowest BCUT2D eigenvalue weighted by Crippen LogP contribution is -2.30. The maximum Gasteiger partial charge on any atom is 0.223 e. The first-order valence-electron chi connectivity index (χ1n) is 9.27. The molecule has 0 fully saturated rings. The predicted molar refractivity (Wildman–Crippen MR) is 109 cm³/mol. The van der Waals surface area contributed by atoms with E-state index in [-0.39, 0.29) is 18.3 Å². The van der Waals surface area contributed by atoms with Crippen LogP contribution in [0.1, 0.15) is 24.1 Å². The fraction of sp³-hybridized carbons (Fsp3) is 0.273. The van der Waals surface area contributed by atoms with Gasteiger partial charge in [-0.15, -0.1) is 11.6 Å². The summed E-state index contributed by atoms with van der Waals surface area (Å²) < 4.78 is 23.9. The third-order valence-electron chi connectivity index (χ3n) is 4.43. The number of benzene rings is 2. The third-order valence-corrected chi connectivity index (χ3v) is 4.70. The molecular formula is C22H22ClFN2O3. The number of alkyl halides is 1. The van der Waals surface area contributed by atoms with Gasteiger partial charge >= 0.3 is 0 Å². The highest BCUT2D eigenvalue weighted by molar-refractivity contribution is 6.17. The van der Waals surface area contributed by atoms with Crippen molar-refractivity contribution in [1.82, 2.24) is 10.1 Å². The number of hydrogen-bond acceptors (Lipinski definition) is 4. The number of carbonyl (C=O) groups is 1. The van der Waals surface area contributed by atoms with Crippen LogP contribution in [0.15, 0.2) is 59.1 Å². The molecule has 0 saturated carbocycles. The fourth-order valence-corrected chi connectivity index (χ4v) is 3.05. The van der Waals surface area contributed by atoms with Crippen molar-refractivity contribution in [3.8, 4) is 17.1 Å². The highest BCUT2D eigenvalue weighted by atomic mass is 35.5. The fourth-order valence-electron chi connectivity index (χ4n) is 2.91. The summed E-state index contributed by atoms with van der Waals surface area (Å²) in [5.74, 6) is 1.37. The molecule has 0 aliphatic rings. The van der Waals surface area contributed by atoms with Crippen LogP contribution >= 0.6 is 11.6 Å². The minimum absolute atomic E-state index is 0.0408. The van der Waals surface area contributed by atoms with Gasteiger partial charge in [0, 0.05) is 30.5 Å². The zero-order valence-corrected chi connectivity index (χ0v) is 16.9. The molecule has 2 aromatic carbocycles. The first-order valence-corrected chi connectivity index (χ1v) is 9.80. The van der Waals surface area contributed by atoms with Gasteiger partial charge in [0.25, 0.3) is 0 Å². The molecule has 0 unspecified atom stereocenters. The van der Waals surface area contributed by atoms with Gasteiger partial charge in [0.1, 0.15) is 17.3 Å². The zero-order valence-electron chi connectivity index (χ0n) is 16.1.